The minimum absolute atomic E-state index is 0.127. The Morgan fingerprint density at radius 1 is 1.45 bits per heavy atom. The highest BCUT2D eigenvalue weighted by Gasteiger charge is 2.37. The summed E-state index contributed by atoms with van der Waals surface area (Å²) in [6.45, 7) is 2.22. The summed E-state index contributed by atoms with van der Waals surface area (Å²) in [6.07, 6.45) is 1.55. The zero-order valence-electron chi connectivity index (χ0n) is 11.4. The molecule has 1 unspecified atom stereocenters. The molecule has 1 fully saturated rings. The summed E-state index contributed by atoms with van der Waals surface area (Å²) in [7, 11) is -2.32. The predicted octanol–water partition coefficient (Wildman–Crippen LogP) is 1.81. The van der Waals surface area contributed by atoms with E-state index < -0.39 is 20.6 Å². The highest BCUT2D eigenvalue weighted by atomic mass is 32.2. The van der Waals surface area contributed by atoms with E-state index in [0.29, 0.717) is 6.54 Å². The number of nitro benzene ring substituents is 1. The van der Waals surface area contributed by atoms with E-state index in [4.69, 9.17) is 0 Å². The molecule has 0 aliphatic carbocycles. The number of nitrogens with one attached hydrogen (secondary N) is 1. The minimum Gasteiger partial charge on any atom is -0.383 e. The summed E-state index contributed by atoms with van der Waals surface area (Å²) in [5.74, 6) is 0. The first kappa shape index (κ1) is 14.7. The fourth-order valence-corrected chi connectivity index (χ4v) is 4.39. The second-order valence-electron chi connectivity index (χ2n) is 4.77. The topological polar surface area (TPSA) is 92.6 Å². The van der Waals surface area contributed by atoms with Gasteiger partial charge in [-0.05, 0) is 31.9 Å². The zero-order chi connectivity index (χ0) is 14.9. The molecule has 1 saturated heterocycles. The van der Waals surface area contributed by atoms with E-state index in [1.165, 1.54) is 29.6 Å². The number of rotatable bonds is 4. The number of nitro groups is 1. The molecule has 1 aromatic carbocycles. The monoisotopic (exact) mass is 299 g/mol. The standard InChI is InChI=1S/C12H17N3O4S/c1-9-5-4-8-14(9)20(18,19)11-7-3-6-10(13-2)12(11)15(16)17/h3,6-7,9,13H,4-5,8H2,1-2H3. The van der Waals surface area contributed by atoms with Crippen molar-refractivity contribution < 1.29 is 13.3 Å². The molecule has 8 heteroatoms. The molecule has 1 aliphatic heterocycles. The van der Waals surface area contributed by atoms with Crippen LogP contribution in [0.3, 0.4) is 0 Å². The van der Waals surface area contributed by atoms with Gasteiger partial charge in [-0.1, -0.05) is 6.07 Å². The van der Waals surface area contributed by atoms with Crippen LogP contribution < -0.4 is 5.32 Å². The van der Waals surface area contributed by atoms with Crippen LogP contribution in [0.1, 0.15) is 19.8 Å². The molecule has 1 aliphatic rings. The summed E-state index contributed by atoms with van der Waals surface area (Å²) in [5.41, 5.74) is -0.197. The molecule has 1 aromatic rings. The quantitative estimate of drug-likeness (QED) is 0.676. The predicted molar refractivity (Wildman–Crippen MR) is 75.2 cm³/mol. The van der Waals surface area contributed by atoms with Crippen LogP contribution in [0.2, 0.25) is 0 Å². The maximum Gasteiger partial charge on any atom is 0.312 e. The van der Waals surface area contributed by atoms with Crippen molar-refractivity contribution in [3.63, 3.8) is 0 Å². The van der Waals surface area contributed by atoms with Gasteiger partial charge in [0.05, 0.1) is 4.92 Å². The van der Waals surface area contributed by atoms with E-state index in [1.54, 1.807) is 0 Å². The summed E-state index contributed by atoms with van der Waals surface area (Å²) in [4.78, 5) is 10.3. The fraction of sp³-hybridized carbons (Fsp3) is 0.500. The summed E-state index contributed by atoms with van der Waals surface area (Å²) < 4.78 is 26.6. The summed E-state index contributed by atoms with van der Waals surface area (Å²) in [6, 6.07) is 4.16. The third kappa shape index (κ3) is 2.36. The molecule has 20 heavy (non-hydrogen) atoms. The molecule has 7 nitrogen and oxygen atoms in total. The number of benzene rings is 1. The Labute approximate surface area is 117 Å². The van der Waals surface area contributed by atoms with Crippen LogP contribution in [0.4, 0.5) is 11.4 Å². The summed E-state index contributed by atoms with van der Waals surface area (Å²) in [5, 5.41) is 13.9. The second kappa shape index (κ2) is 5.37. The molecule has 0 bridgehead atoms. The molecule has 110 valence electrons. The van der Waals surface area contributed by atoms with Crippen LogP contribution >= 0.6 is 0 Å². The van der Waals surface area contributed by atoms with Gasteiger partial charge >= 0.3 is 5.69 Å². The Morgan fingerprint density at radius 3 is 2.65 bits per heavy atom. The molecule has 0 saturated carbocycles. The Bertz CT molecular complexity index is 630. The normalized spacial score (nSPS) is 20.0. The van der Waals surface area contributed by atoms with Gasteiger partial charge in [-0.25, -0.2) is 8.42 Å². The number of hydrogen-bond acceptors (Lipinski definition) is 5. The molecule has 0 amide bonds. The molecule has 1 atom stereocenters. The van der Waals surface area contributed by atoms with Crippen molar-refractivity contribution in [3.8, 4) is 0 Å². The summed E-state index contributed by atoms with van der Waals surface area (Å²) >= 11 is 0. The van der Waals surface area contributed by atoms with Crippen LogP contribution in [-0.4, -0.2) is 37.3 Å². The van der Waals surface area contributed by atoms with E-state index in [2.05, 4.69) is 5.32 Å². The van der Waals surface area contributed by atoms with Gasteiger partial charge in [0, 0.05) is 19.6 Å². The molecule has 0 spiro atoms. The lowest BCUT2D eigenvalue weighted by Crippen LogP contribution is -2.34. The molecule has 2 rings (SSSR count). The maximum absolute atomic E-state index is 12.6. The molecule has 0 radical (unpaired) electrons. The minimum atomic E-state index is -3.84. The van der Waals surface area contributed by atoms with Crippen molar-refractivity contribution in [2.75, 3.05) is 18.9 Å². The van der Waals surface area contributed by atoms with Crippen molar-refractivity contribution in [1.82, 2.24) is 4.31 Å². The number of sulfonamides is 1. The number of para-hydroxylation sites is 1. The van der Waals surface area contributed by atoms with Gasteiger partial charge in [0.2, 0.25) is 10.0 Å². The van der Waals surface area contributed by atoms with Gasteiger partial charge in [0.1, 0.15) is 5.69 Å². The van der Waals surface area contributed by atoms with Gasteiger partial charge < -0.3 is 5.32 Å². The lowest BCUT2D eigenvalue weighted by molar-refractivity contribution is -0.386. The zero-order valence-corrected chi connectivity index (χ0v) is 12.2. The van der Waals surface area contributed by atoms with E-state index in [-0.39, 0.29) is 16.6 Å². The van der Waals surface area contributed by atoms with Crippen molar-refractivity contribution in [2.24, 2.45) is 0 Å². The third-order valence-electron chi connectivity index (χ3n) is 3.53. The molecule has 1 heterocycles. The van der Waals surface area contributed by atoms with E-state index in [0.717, 1.165) is 12.8 Å². The third-order valence-corrected chi connectivity index (χ3v) is 5.57. The molecular weight excluding hydrogens is 282 g/mol. The second-order valence-corrected chi connectivity index (χ2v) is 6.63. The van der Waals surface area contributed by atoms with Crippen LogP contribution in [0.25, 0.3) is 0 Å². The van der Waals surface area contributed by atoms with Crippen molar-refractivity contribution in [2.45, 2.75) is 30.7 Å². The van der Waals surface area contributed by atoms with Gasteiger partial charge in [-0.3, -0.25) is 10.1 Å². The van der Waals surface area contributed by atoms with Crippen LogP contribution in [0, 0.1) is 10.1 Å². The van der Waals surface area contributed by atoms with E-state index >= 15 is 0 Å². The first-order chi connectivity index (χ1) is 9.39. The average molecular weight is 299 g/mol. The van der Waals surface area contributed by atoms with Gasteiger partial charge in [-0.15, -0.1) is 0 Å². The average Bonchev–Trinajstić information content (AvgIpc) is 2.84. The Morgan fingerprint density at radius 2 is 2.15 bits per heavy atom. The van der Waals surface area contributed by atoms with Crippen molar-refractivity contribution >= 4 is 21.4 Å². The van der Waals surface area contributed by atoms with Gasteiger partial charge in [-0.2, -0.15) is 4.31 Å². The molecule has 1 N–H and O–H groups in total. The lowest BCUT2D eigenvalue weighted by atomic mass is 10.2. The Hall–Kier alpha value is -1.67. The highest BCUT2D eigenvalue weighted by molar-refractivity contribution is 7.89. The smallest absolute Gasteiger partial charge is 0.312 e. The lowest BCUT2D eigenvalue weighted by Gasteiger charge is -2.21. The first-order valence-corrected chi connectivity index (χ1v) is 7.80. The SMILES string of the molecule is CNc1cccc(S(=O)(=O)N2CCCC2C)c1[N+](=O)[O-]. The first-order valence-electron chi connectivity index (χ1n) is 6.36. The van der Waals surface area contributed by atoms with Crippen LogP contribution in [-0.2, 0) is 10.0 Å². The number of hydrogen-bond donors (Lipinski definition) is 1. The van der Waals surface area contributed by atoms with E-state index in [1.807, 2.05) is 6.92 Å². The van der Waals surface area contributed by atoms with Crippen molar-refractivity contribution in [1.29, 1.82) is 0 Å². The van der Waals surface area contributed by atoms with Crippen LogP contribution in [0.5, 0.6) is 0 Å². The fourth-order valence-electron chi connectivity index (χ4n) is 2.51. The molecule has 0 aromatic heterocycles. The maximum atomic E-state index is 12.6. The number of anilines is 1. The van der Waals surface area contributed by atoms with Gasteiger partial charge in [0.25, 0.3) is 0 Å². The van der Waals surface area contributed by atoms with Crippen molar-refractivity contribution in [3.05, 3.63) is 28.3 Å². The number of nitrogens with zero attached hydrogens (tertiary/aromatic N) is 2. The largest absolute Gasteiger partial charge is 0.383 e. The highest BCUT2D eigenvalue weighted by Crippen LogP contribution is 2.35. The Kier molecular flexibility index (Phi) is 3.96. The van der Waals surface area contributed by atoms with Gasteiger partial charge in [0.15, 0.2) is 4.90 Å². The molecular formula is C12H17N3O4S. The van der Waals surface area contributed by atoms with Crippen LogP contribution in [0.15, 0.2) is 23.1 Å². The van der Waals surface area contributed by atoms with E-state index in [9.17, 15) is 18.5 Å². The Balaban J connectivity index is 2.60.